The van der Waals surface area contributed by atoms with Crippen LogP contribution >= 0.6 is 0 Å². The first-order valence-electron chi connectivity index (χ1n) is 7.75. The first kappa shape index (κ1) is 15.3. The second-order valence-electron chi connectivity index (χ2n) is 5.70. The lowest BCUT2D eigenvalue weighted by atomic mass is 10.2. The summed E-state index contributed by atoms with van der Waals surface area (Å²) in [5, 5.41) is 3.45. The van der Waals surface area contributed by atoms with Crippen molar-refractivity contribution < 1.29 is 8.78 Å². The van der Waals surface area contributed by atoms with Gasteiger partial charge in [-0.25, -0.2) is 18.7 Å². The van der Waals surface area contributed by atoms with Crippen molar-refractivity contribution in [2.45, 2.75) is 6.92 Å². The highest BCUT2D eigenvalue weighted by molar-refractivity contribution is 5.91. The van der Waals surface area contributed by atoms with Gasteiger partial charge in [0, 0.05) is 11.3 Å². The van der Waals surface area contributed by atoms with Crippen molar-refractivity contribution in [3.63, 3.8) is 0 Å². The minimum atomic E-state index is -0.680. The third-order valence-corrected chi connectivity index (χ3v) is 3.86. The molecule has 2 aromatic heterocycles. The van der Waals surface area contributed by atoms with E-state index in [9.17, 15) is 8.78 Å². The Morgan fingerprint density at radius 1 is 0.920 bits per heavy atom. The van der Waals surface area contributed by atoms with Crippen molar-refractivity contribution in [2.24, 2.45) is 0 Å². The van der Waals surface area contributed by atoms with E-state index in [-0.39, 0.29) is 5.69 Å². The Kier molecular flexibility index (Phi) is 3.65. The Balaban J connectivity index is 1.90. The average Bonchev–Trinajstić information content (AvgIpc) is 2.99. The fraction of sp³-hybridized carbons (Fsp3) is 0.0526. The molecule has 0 aliphatic heterocycles. The molecule has 25 heavy (non-hydrogen) atoms. The first-order chi connectivity index (χ1) is 12.1. The molecular weight excluding hydrogens is 322 g/mol. The molecule has 2 heterocycles. The summed E-state index contributed by atoms with van der Waals surface area (Å²) in [6, 6.07) is 15.0. The summed E-state index contributed by atoms with van der Waals surface area (Å²) in [6.07, 6.45) is 0. The van der Waals surface area contributed by atoms with Crippen LogP contribution in [0, 0.1) is 18.6 Å². The lowest BCUT2D eigenvalue weighted by Crippen LogP contribution is -2.02. The van der Waals surface area contributed by atoms with E-state index in [1.807, 2.05) is 43.3 Å². The van der Waals surface area contributed by atoms with Gasteiger partial charge in [0.25, 0.3) is 0 Å². The predicted molar refractivity (Wildman–Crippen MR) is 93.7 cm³/mol. The molecule has 0 aliphatic carbocycles. The number of anilines is 2. The molecule has 4 rings (SSSR count). The van der Waals surface area contributed by atoms with Crippen molar-refractivity contribution in [1.29, 1.82) is 0 Å². The maximum absolute atomic E-state index is 14.0. The molecule has 6 heteroatoms. The monoisotopic (exact) mass is 336 g/mol. The smallest absolute Gasteiger partial charge is 0.163 e. The van der Waals surface area contributed by atoms with Crippen LogP contribution < -0.4 is 5.32 Å². The number of nitrogens with one attached hydrogen (secondary N) is 2. The van der Waals surface area contributed by atoms with Crippen LogP contribution in [-0.2, 0) is 0 Å². The van der Waals surface area contributed by atoms with Gasteiger partial charge in [0.1, 0.15) is 28.8 Å². The van der Waals surface area contributed by atoms with Crippen molar-refractivity contribution in [2.75, 3.05) is 5.32 Å². The van der Waals surface area contributed by atoms with Crippen molar-refractivity contribution in [3.05, 3.63) is 71.9 Å². The van der Waals surface area contributed by atoms with E-state index < -0.39 is 11.6 Å². The van der Waals surface area contributed by atoms with Crippen LogP contribution in [0.25, 0.3) is 22.4 Å². The van der Waals surface area contributed by atoms with Gasteiger partial charge in [-0.2, -0.15) is 0 Å². The van der Waals surface area contributed by atoms with Crippen LogP contribution in [0.15, 0.2) is 54.6 Å². The number of benzene rings is 2. The lowest BCUT2D eigenvalue weighted by Gasteiger charge is -2.10. The average molecular weight is 336 g/mol. The van der Waals surface area contributed by atoms with Crippen LogP contribution in [0.5, 0.6) is 0 Å². The van der Waals surface area contributed by atoms with E-state index in [0.717, 1.165) is 11.3 Å². The molecule has 0 aliphatic rings. The molecule has 4 nitrogen and oxygen atoms in total. The van der Waals surface area contributed by atoms with Crippen LogP contribution in [0.2, 0.25) is 0 Å². The van der Waals surface area contributed by atoms with E-state index in [1.165, 1.54) is 18.2 Å². The van der Waals surface area contributed by atoms with Gasteiger partial charge in [-0.3, -0.25) is 0 Å². The molecule has 0 unspecified atom stereocenters. The van der Waals surface area contributed by atoms with E-state index >= 15 is 0 Å². The summed E-state index contributed by atoms with van der Waals surface area (Å²) in [5.41, 5.74) is 2.06. The topological polar surface area (TPSA) is 53.6 Å². The van der Waals surface area contributed by atoms with E-state index in [0.29, 0.717) is 22.7 Å². The molecule has 0 atom stereocenters. The van der Waals surface area contributed by atoms with Gasteiger partial charge in [-0.05, 0) is 25.1 Å². The largest absolute Gasteiger partial charge is 0.343 e. The second-order valence-corrected chi connectivity index (χ2v) is 5.70. The normalized spacial score (nSPS) is 11.0. The number of aromatic amines is 1. The summed E-state index contributed by atoms with van der Waals surface area (Å²) >= 11 is 0. The molecule has 4 aromatic rings. The fourth-order valence-electron chi connectivity index (χ4n) is 2.69. The molecule has 0 fully saturated rings. The van der Waals surface area contributed by atoms with Crippen LogP contribution in [-0.4, -0.2) is 15.0 Å². The molecule has 0 saturated heterocycles. The van der Waals surface area contributed by atoms with Gasteiger partial charge in [-0.1, -0.05) is 36.4 Å². The molecule has 2 aromatic carbocycles. The number of para-hydroxylation sites is 1. The molecular formula is C19H14F2N4. The van der Waals surface area contributed by atoms with Gasteiger partial charge >= 0.3 is 0 Å². The maximum atomic E-state index is 14.0. The van der Waals surface area contributed by atoms with Crippen molar-refractivity contribution in [1.82, 2.24) is 15.0 Å². The summed E-state index contributed by atoms with van der Waals surface area (Å²) in [5.74, 6) is -0.549. The Bertz CT molecular complexity index is 1040. The summed E-state index contributed by atoms with van der Waals surface area (Å²) in [6.45, 7) is 1.89. The zero-order valence-electron chi connectivity index (χ0n) is 13.3. The Hall–Kier alpha value is -3.28. The van der Waals surface area contributed by atoms with Gasteiger partial charge in [-0.15, -0.1) is 0 Å². The highest BCUT2D eigenvalue weighted by Gasteiger charge is 2.15. The summed E-state index contributed by atoms with van der Waals surface area (Å²) in [4.78, 5) is 12.2. The number of rotatable bonds is 3. The van der Waals surface area contributed by atoms with Gasteiger partial charge < -0.3 is 10.3 Å². The standard InChI is InChI=1S/C19H14F2N4/c1-11-10-13-18(22-11)24-17(12-6-3-2-4-7-12)25-19(13)23-16-14(20)8-5-9-15(16)21/h2-10H,1H3,(H2,22,23,24,25). The van der Waals surface area contributed by atoms with Gasteiger partial charge in [0.15, 0.2) is 5.82 Å². The van der Waals surface area contributed by atoms with Gasteiger partial charge in [0.05, 0.1) is 5.39 Å². The molecule has 0 amide bonds. The SMILES string of the molecule is Cc1cc2c(Nc3c(F)cccc3F)nc(-c3ccccc3)nc2[nH]1. The molecule has 0 bridgehead atoms. The Morgan fingerprint density at radius 2 is 1.64 bits per heavy atom. The number of hydrogen-bond donors (Lipinski definition) is 2. The van der Waals surface area contributed by atoms with E-state index in [2.05, 4.69) is 20.3 Å². The number of halogens is 2. The summed E-state index contributed by atoms with van der Waals surface area (Å²) < 4.78 is 28.0. The number of H-pyrrole nitrogens is 1. The minimum Gasteiger partial charge on any atom is -0.343 e. The van der Waals surface area contributed by atoms with E-state index in [1.54, 1.807) is 0 Å². The Morgan fingerprint density at radius 3 is 2.36 bits per heavy atom. The quantitative estimate of drug-likeness (QED) is 0.556. The molecule has 0 spiro atoms. The number of aryl methyl sites for hydroxylation is 1. The van der Waals surface area contributed by atoms with Crippen LogP contribution in [0.1, 0.15) is 5.69 Å². The minimum absolute atomic E-state index is 0.236. The third-order valence-electron chi connectivity index (χ3n) is 3.86. The third kappa shape index (κ3) is 2.82. The zero-order valence-corrected chi connectivity index (χ0v) is 13.3. The fourth-order valence-corrected chi connectivity index (χ4v) is 2.69. The van der Waals surface area contributed by atoms with Crippen molar-refractivity contribution >= 4 is 22.5 Å². The molecule has 2 N–H and O–H groups in total. The number of fused-ring (bicyclic) bond motifs is 1. The maximum Gasteiger partial charge on any atom is 0.163 e. The number of hydrogen-bond acceptors (Lipinski definition) is 3. The predicted octanol–water partition coefficient (Wildman–Crippen LogP) is 4.96. The number of aromatic nitrogens is 3. The van der Waals surface area contributed by atoms with Gasteiger partial charge in [0.2, 0.25) is 0 Å². The Labute approximate surface area is 142 Å². The molecule has 0 radical (unpaired) electrons. The highest BCUT2D eigenvalue weighted by Crippen LogP contribution is 2.29. The summed E-state index contributed by atoms with van der Waals surface area (Å²) in [7, 11) is 0. The van der Waals surface area contributed by atoms with Crippen LogP contribution in [0.3, 0.4) is 0 Å². The highest BCUT2D eigenvalue weighted by atomic mass is 19.1. The molecule has 0 saturated carbocycles. The second kappa shape index (κ2) is 5.98. The van der Waals surface area contributed by atoms with Crippen molar-refractivity contribution in [3.8, 4) is 11.4 Å². The lowest BCUT2D eigenvalue weighted by molar-refractivity contribution is 0.590. The van der Waals surface area contributed by atoms with Crippen LogP contribution in [0.4, 0.5) is 20.3 Å². The zero-order chi connectivity index (χ0) is 17.4. The first-order valence-corrected chi connectivity index (χ1v) is 7.75. The molecule has 124 valence electrons. The number of nitrogens with zero attached hydrogens (tertiary/aromatic N) is 2. The van der Waals surface area contributed by atoms with E-state index in [4.69, 9.17) is 0 Å².